The maximum absolute atomic E-state index is 11.9. The van der Waals surface area contributed by atoms with Gasteiger partial charge in [0, 0.05) is 25.5 Å². The summed E-state index contributed by atoms with van der Waals surface area (Å²) in [4.78, 5) is 32.2. The van der Waals surface area contributed by atoms with Gasteiger partial charge in [-0.25, -0.2) is 0 Å². The molecular weight excluding hydrogens is 374 g/mol. The highest BCUT2D eigenvalue weighted by Crippen LogP contribution is 2.26. The second kappa shape index (κ2) is 12.3. The minimum absolute atomic E-state index is 0.0418. The summed E-state index contributed by atoms with van der Waals surface area (Å²) in [6.45, 7) is 3.34. The van der Waals surface area contributed by atoms with Crippen LogP contribution in [0.5, 0.6) is 0 Å². The summed E-state index contributed by atoms with van der Waals surface area (Å²) in [7, 11) is 0. The van der Waals surface area contributed by atoms with Gasteiger partial charge in [0.1, 0.15) is 5.69 Å². The smallest absolute Gasteiger partial charge is 0.305 e. The number of ether oxygens (including phenoxy) is 1. The van der Waals surface area contributed by atoms with Crippen molar-refractivity contribution in [1.82, 2.24) is 9.97 Å². The van der Waals surface area contributed by atoms with Gasteiger partial charge >= 0.3 is 5.97 Å². The van der Waals surface area contributed by atoms with Gasteiger partial charge in [0.05, 0.1) is 13.3 Å². The van der Waals surface area contributed by atoms with Gasteiger partial charge < -0.3 is 25.8 Å². The van der Waals surface area contributed by atoms with Crippen molar-refractivity contribution in [2.75, 3.05) is 42.4 Å². The molecule has 0 bridgehead atoms. The van der Waals surface area contributed by atoms with Crippen molar-refractivity contribution >= 4 is 23.4 Å². The number of aliphatic hydroxyl groups excluding tert-OH is 1. The Balaban J connectivity index is 1.65. The number of nitrogen functional groups attached to an aromatic ring is 1. The molecule has 1 unspecified atom stereocenters. The van der Waals surface area contributed by atoms with Gasteiger partial charge in [-0.1, -0.05) is 45.4 Å². The van der Waals surface area contributed by atoms with Crippen LogP contribution in [-0.4, -0.2) is 47.5 Å². The predicted molar refractivity (Wildman–Crippen MR) is 114 cm³/mol. The summed E-state index contributed by atoms with van der Waals surface area (Å²) in [5.41, 5.74) is 5.70. The minimum Gasteiger partial charge on any atom is -0.466 e. The van der Waals surface area contributed by atoms with Gasteiger partial charge in [-0.15, -0.1) is 0 Å². The van der Waals surface area contributed by atoms with Crippen LogP contribution in [0.2, 0.25) is 0 Å². The lowest BCUT2D eigenvalue weighted by atomic mass is 10.1. The molecule has 164 valence electrons. The molecule has 1 atom stereocenters. The zero-order chi connectivity index (χ0) is 21.1. The van der Waals surface area contributed by atoms with E-state index in [0.717, 1.165) is 12.8 Å². The molecule has 2 rings (SSSR count). The van der Waals surface area contributed by atoms with Crippen LogP contribution in [0.25, 0.3) is 0 Å². The van der Waals surface area contributed by atoms with Crippen molar-refractivity contribution in [3.05, 3.63) is 10.4 Å². The Hall–Kier alpha value is -2.29. The molecule has 0 aromatic carbocycles. The van der Waals surface area contributed by atoms with Crippen LogP contribution < -0.4 is 21.5 Å². The Morgan fingerprint density at radius 1 is 1.28 bits per heavy atom. The zero-order valence-electron chi connectivity index (χ0n) is 17.4. The molecule has 0 aliphatic carbocycles. The van der Waals surface area contributed by atoms with Crippen LogP contribution >= 0.6 is 0 Å². The lowest BCUT2D eigenvalue weighted by molar-refractivity contribution is -0.144. The van der Waals surface area contributed by atoms with Gasteiger partial charge in [0.15, 0.2) is 5.82 Å². The van der Waals surface area contributed by atoms with Crippen LogP contribution in [0.1, 0.15) is 64.7 Å². The average Bonchev–Trinajstić information content (AvgIpc) is 3.09. The van der Waals surface area contributed by atoms with Crippen LogP contribution in [0, 0.1) is 5.92 Å². The Kier molecular flexibility index (Phi) is 9.76. The molecule has 0 saturated carbocycles. The molecule has 1 aliphatic heterocycles. The number of rotatable bonds is 14. The number of esters is 1. The first-order valence-electron chi connectivity index (χ1n) is 10.7. The fourth-order valence-electron chi connectivity index (χ4n) is 3.46. The lowest BCUT2D eigenvalue weighted by Gasteiger charge is -2.23. The molecule has 0 radical (unpaired) electrons. The summed E-state index contributed by atoms with van der Waals surface area (Å²) >= 11 is 0. The first-order valence-corrected chi connectivity index (χ1v) is 10.7. The van der Waals surface area contributed by atoms with E-state index < -0.39 is 0 Å². The second-order valence-electron chi connectivity index (χ2n) is 7.64. The van der Waals surface area contributed by atoms with Gasteiger partial charge in [0.25, 0.3) is 5.56 Å². The molecule has 9 nitrogen and oxygen atoms in total. The number of hydrogen-bond acceptors (Lipinski definition) is 8. The average molecular weight is 410 g/mol. The van der Waals surface area contributed by atoms with E-state index in [0.29, 0.717) is 37.6 Å². The van der Waals surface area contributed by atoms with E-state index in [9.17, 15) is 14.7 Å². The number of aliphatic hydroxyl groups is 1. The van der Waals surface area contributed by atoms with E-state index in [2.05, 4.69) is 22.2 Å². The predicted octanol–water partition coefficient (Wildman–Crippen LogP) is 2.22. The molecule has 1 aromatic heterocycles. The third kappa shape index (κ3) is 7.56. The molecule has 2 heterocycles. The summed E-state index contributed by atoms with van der Waals surface area (Å²) in [6.07, 6.45) is 9.14. The topological polar surface area (TPSA) is 134 Å². The molecular formula is C20H35N5O4. The number of nitrogens with zero attached hydrogens (tertiary/aromatic N) is 2. The Morgan fingerprint density at radius 2 is 2.00 bits per heavy atom. The normalized spacial score (nSPS) is 13.8. The van der Waals surface area contributed by atoms with Crippen molar-refractivity contribution < 1.29 is 14.6 Å². The number of aromatic amines is 1. The molecule has 1 aromatic rings. The molecule has 1 aliphatic rings. The van der Waals surface area contributed by atoms with E-state index in [4.69, 9.17) is 10.5 Å². The number of nitrogens with two attached hydrogens (primary N) is 1. The van der Waals surface area contributed by atoms with Crippen LogP contribution in [-0.2, 0) is 9.53 Å². The molecule has 0 saturated heterocycles. The lowest BCUT2D eigenvalue weighted by Crippen LogP contribution is -2.32. The summed E-state index contributed by atoms with van der Waals surface area (Å²) < 4.78 is 5.32. The van der Waals surface area contributed by atoms with Gasteiger partial charge in [0.2, 0.25) is 5.95 Å². The second-order valence-corrected chi connectivity index (χ2v) is 7.64. The SMILES string of the molecule is CCCCCCCCCC(=O)OCCC(CO)CN1CNc2c1nc(N)[nH]c2=O. The molecule has 29 heavy (non-hydrogen) atoms. The minimum atomic E-state index is -0.310. The first kappa shape index (κ1) is 23.0. The number of aromatic nitrogens is 2. The maximum atomic E-state index is 11.9. The number of hydrogen-bond donors (Lipinski definition) is 4. The monoisotopic (exact) mass is 409 g/mol. The summed E-state index contributed by atoms with van der Waals surface area (Å²) in [5, 5.41) is 12.7. The summed E-state index contributed by atoms with van der Waals surface area (Å²) in [5.74, 6) is 0.267. The highest BCUT2D eigenvalue weighted by atomic mass is 16.5. The van der Waals surface area contributed by atoms with E-state index in [1.165, 1.54) is 32.1 Å². The highest BCUT2D eigenvalue weighted by molar-refractivity contribution is 5.70. The van der Waals surface area contributed by atoms with E-state index in [1.807, 2.05) is 4.90 Å². The third-order valence-corrected chi connectivity index (χ3v) is 5.18. The van der Waals surface area contributed by atoms with Crippen molar-refractivity contribution in [3.63, 3.8) is 0 Å². The standard InChI is InChI=1S/C20H35N5O4/c1-2-3-4-5-6-7-8-9-16(27)29-11-10-15(13-26)12-25-14-22-17-18(25)23-20(21)24-19(17)28/h15,22,26H,2-14H2,1H3,(H3,21,23,24,28). The number of unbranched alkanes of at least 4 members (excludes halogenated alkanes) is 6. The Bertz CT molecular complexity index is 694. The van der Waals surface area contributed by atoms with E-state index in [-0.39, 0.29) is 36.6 Å². The Morgan fingerprint density at radius 3 is 2.72 bits per heavy atom. The number of nitrogens with one attached hydrogen (secondary N) is 2. The van der Waals surface area contributed by atoms with Gasteiger partial charge in [-0.3, -0.25) is 14.6 Å². The quantitative estimate of drug-likeness (QED) is 0.271. The van der Waals surface area contributed by atoms with Gasteiger partial charge in [-0.05, 0) is 12.8 Å². The fraction of sp³-hybridized carbons (Fsp3) is 0.750. The van der Waals surface area contributed by atoms with Crippen LogP contribution in [0.3, 0.4) is 0 Å². The number of carbonyl (C=O) groups is 1. The molecule has 0 fully saturated rings. The first-order chi connectivity index (χ1) is 14.0. The molecule has 9 heteroatoms. The van der Waals surface area contributed by atoms with Crippen molar-refractivity contribution in [2.45, 2.75) is 64.7 Å². The van der Waals surface area contributed by atoms with Gasteiger partial charge in [-0.2, -0.15) is 4.98 Å². The molecule has 0 amide bonds. The summed E-state index contributed by atoms with van der Waals surface area (Å²) in [6, 6.07) is 0. The van der Waals surface area contributed by atoms with Crippen molar-refractivity contribution in [3.8, 4) is 0 Å². The number of H-pyrrole nitrogens is 1. The maximum Gasteiger partial charge on any atom is 0.305 e. The largest absolute Gasteiger partial charge is 0.466 e. The molecule has 5 N–H and O–H groups in total. The van der Waals surface area contributed by atoms with Crippen molar-refractivity contribution in [1.29, 1.82) is 0 Å². The number of carbonyl (C=O) groups excluding carboxylic acids is 1. The third-order valence-electron chi connectivity index (χ3n) is 5.18. The van der Waals surface area contributed by atoms with E-state index in [1.54, 1.807) is 0 Å². The molecule has 0 spiro atoms. The highest BCUT2D eigenvalue weighted by Gasteiger charge is 2.26. The van der Waals surface area contributed by atoms with Crippen LogP contribution in [0.15, 0.2) is 4.79 Å². The number of anilines is 3. The number of fused-ring (bicyclic) bond motifs is 1. The zero-order valence-corrected chi connectivity index (χ0v) is 17.4. The van der Waals surface area contributed by atoms with E-state index >= 15 is 0 Å². The Labute approximate surface area is 172 Å². The fourth-order valence-corrected chi connectivity index (χ4v) is 3.46. The van der Waals surface area contributed by atoms with Crippen molar-refractivity contribution in [2.24, 2.45) is 5.92 Å². The van der Waals surface area contributed by atoms with Crippen LogP contribution in [0.4, 0.5) is 17.5 Å².